The highest BCUT2D eigenvalue weighted by Gasteiger charge is 2.13. The van der Waals surface area contributed by atoms with Crippen LogP contribution in [0.15, 0.2) is 29.0 Å². The van der Waals surface area contributed by atoms with Gasteiger partial charge >= 0.3 is 0 Å². The molecule has 0 aliphatic heterocycles. The SMILES string of the molecule is CN(C)NC(=O)CC(N)c1ccc2ncoc2c1. The van der Waals surface area contributed by atoms with Gasteiger partial charge in [-0.3, -0.25) is 10.2 Å². The lowest BCUT2D eigenvalue weighted by molar-refractivity contribution is -0.125. The van der Waals surface area contributed by atoms with Gasteiger partial charge in [0.2, 0.25) is 5.91 Å². The summed E-state index contributed by atoms with van der Waals surface area (Å²) in [5.41, 5.74) is 11.0. The van der Waals surface area contributed by atoms with Crippen molar-refractivity contribution in [2.45, 2.75) is 12.5 Å². The lowest BCUT2D eigenvalue weighted by Crippen LogP contribution is -2.37. The second-order valence-corrected chi connectivity index (χ2v) is 4.32. The first kappa shape index (κ1) is 12.5. The molecule has 0 fully saturated rings. The highest BCUT2D eigenvalue weighted by atomic mass is 16.3. The maximum absolute atomic E-state index is 11.6. The van der Waals surface area contributed by atoms with Gasteiger partial charge in [0.05, 0.1) is 0 Å². The summed E-state index contributed by atoms with van der Waals surface area (Å²) in [5, 5.41) is 1.59. The average molecular weight is 248 g/mol. The van der Waals surface area contributed by atoms with Gasteiger partial charge in [-0.05, 0) is 17.7 Å². The molecule has 1 atom stereocenters. The van der Waals surface area contributed by atoms with Crippen molar-refractivity contribution >= 4 is 17.0 Å². The molecule has 2 rings (SSSR count). The van der Waals surface area contributed by atoms with Crippen LogP contribution in [-0.4, -0.2) is 30.0 Å². The molecule has 1 unspecified atom stereocenters. The van der Waals surface area contributed by atoms with E-state index in [9.17, 15) is 4.79 Å². The molecule has 0 bridgehead atoms. The van der Waals surface area contributed by atoms with Gasteiger partial charge in [0, 0.05) is 26.6 Å². The number of nitrogens with one attached hydrogen (secondary N) is 1. The number of carbonyl (C=O) groups is 1. The summed E-state index contributed by atoms with van der Waals surface area (Å²) in [5.74, 6) is -0.120. The van der Waals surface area contributed by atoms with Crippen molar-refractivity contribution in [2.24, 2.45) is 5.73 Å². The number of hydrazine groups is 1. The van der Waals surface area contributed by atoms with Crippen LogP contribution in [0.25, 0.3) is 11.1 Å². The Kier molecular flexibility index (Phi) is 3.59. The average Bonchev–Trinajstić information content (AvgIpc) is 2.74. The van der Waals surface area contributed by atoms with Crippen molar-refractivity contribution < 1.29 is 9.21 Å². The Morgan fingerprint density at radius 2 is 2.33 bits per heavy atom. The molecule has 18 heavy (non-hydrogen) atoms. The molecular formula is C12H16N4O2. The maximum atomic E-state index is 11.6. The van der Waals surface area contributed by atoms with Gasteiger partial charge in [-0.2, -0.15) is 0 Å². The zero-order valence-electron chi connectivity index (χ0n) is 10.4. The van der Waals surface area contributed by atoms with Crippen LogP contribution in [0.4, 0.5) is 0 Å². The number of benzene rings is 1. The second-order valence-electron chi connectivity index (χ2n) is 4.32. The van der Waals surface area contributed by atoms with Gasteiger partial charge in [0.1, 0.15) is 5.52 Å². The quantitative estimate of drug-likeness (QED) is 0.782. The Morgan fingerprint density at radius 3 is 3.06 bits per heavy atom. The highest BCUT2D eigenvalue weighted by Crippen LogP contribution is 2.20. The minimum Gasteiger partial charge on any atom is -0.443 e. The molecule has 6 heteroatoms. The predicted octanol–water partition coefficient (Wildman–Crippen LogP) is 0.810. The lowest BCUT2D eigenvalue weighted by Gasteiger charge is -2.15. The van der Waals surface area contributed by atoms with E-state index in [0.29, 0.717) is 5.58 Å². The van der Waals surface area contributed by atoms with Gasteiger partial charge in [-0.1, -0.05) is 6.07 Å². The summed E-state index contributed by atoms with van der Waals surface area (Å²) in [6, 6.07) is 5.14. The molecule has 0 saturated heterocycles. The molecule has 3 N–H and O–H groups in total. The molecule has 2 aromatic rings. The summed E-state index contributed by atoms with van der Waals surface area (Å²) in [6.07, 6.45) is 1.61. The fraction of sp³-hybridized carbons (Fsp3) is 0.333. The highest BCUT2D eigenvalue weighted by molar-refractivity contribution is 5.77. The van der Waals surface area contributed by atoms with Crippen LogP contribution in [0.1, 0.15) is 18.0 Å². The van der Waals surface area contributed by atoms with Crippen molar-refractivity contribution in [3.05, 3.63) is 30.2 Å². The van der Waals surface area contributed by atoms with E-state index < -0.39 is 0 Å². The molecule has 1 heterocycles. The Labute approximate surface area is 105 Å². The van der Waals surface area contributed by atoms with Gasteiger partial charge in [-0.15, -0.1) is 0 Å². The van der Waals surface area contributed by atoms with E-state index in [1.807, 2.05) is 18.2 Å². The van der Waals surface area contributed by atoms with Crippen molar-refractivity contribution in [2.75, 3.05) is 14.1 Å². The number of rotatable bonds is 4. The van der Waals surface area contributed by atoms with Gasteiger partial charge in [0.25, 0.3) is 0 Å². The number of amides is 1. The lowest BCUT2D eigenvalue weighted by atomic mass is 10.0. The molecule has 6 nitrogen and oxygen atoms in total. The summed E-state index contributed by atoms with van der Waals surface area (Å²) in [4.78, 5) is 15.6. The second kappa shape index (κ2) is 5.16. The van der Waals surface area contributed by atoms with Gasteiger partial charge < -0.3 is 10.2 Å². The summed E-state index contributed by atoms with van der Waals surface area (Å²) < 4.78 is 5.20. The first-order valence-electron chi connectivity index (χ1n) is 5.62. The predicted molar refractivity (Wildman–Crippen MR) is 67.4 cm³/mol. The monoisotopic (exact) mass is 248 g/mol. The molecule has 1 amide bonds. The minimum absolute atomic E-state index is 0.120. The third kappa shape index (κ3) is 2.85. The number of fused-ring (bicyclic) bond motifs is 1. The van der Waals surface area contributed by atoms with Crippen LogP contribution >= 0.6 is 0 Å². The third-order valence-corrected chi connectivity index (χ3v) is 2.54. The maximum Gasteiger partial charge on any atom is 0.236 e. The van der Waals surface area contributed by atoms with Crippen LogP contribution in [0.5, 0.6) is 0 Å². The molecule has 96 valence electrons. The largest absolute Gasteiger partial charge is 0.443 e. The molecule has 0 aliphatic rings. The normalized spacial score (nSPS) is 12.9. The van der Waals surface area contributed by atoms with Crippen LogP contribution in [0.2, 0.25) is 0 Å². The van der Waals surface area contributed by atoms with Gasteiger partial charge in [0.15, 0.2) is 12.0 Å². The van der Waals surface area contributed by atoms with E-state index >= 15 is 0 Å². The molecular weight excluding hydrogens is 232 g/mol. The number of nitrogens with two attached hydrogens (primary N) is 1. The van der Waals surface area contributed by atoms with Crippen molar-refractivity contribution in [3.8, 4) is 0 Å². The first-order valence-corrected chi connectivity index (χ1v) is 5.62. The fourth-order valence-corrected chi connectivity index (χ4v) is 1.71. The van der Waals surface area contributed by atoms with E-state index in [1.54, 1.807) is 19.1 Å². The van der Waals surface area contributed by atoms with Crippen molar-refractivity contribution in [1.29, 1.82) is 0 Å². The van der Waals surface area contributed by atoms with E-state index in [2.05, 4.69) is 10.4 Å². The Hall–Kier alpha value is -1.92. The van der Waals surface area contributed by atoms with Crippen molar-refractivity contribution in [3.63, 3.8) is 0 Å². The van der Waals surface area contributed by atoms with E-state index in [1.165, 1.54) is 6.39 Å². The van der Waals surface area contributed by atoms with E-state index in [4.69, 9.17) is 10.2 Å². The van der Waals surface area contributed by atoms with Crippen molar-refractivity contribution in [1.82, 2.24) is 15.4 Å². The molecule has 0 radical (unpaired) electrons. The van der Waals surface area contributed by atoms with Gasteiger partial charge in [-0.25, -0.2) is 9.99 Å². The van der Waals surface area contributed by atoms with Crippen LogP contribution in [0, 0.1) is 0 Å². The number of hydrogen-bond acceptors (Lipinski definition) is 5. The summed E-state index contributed by atoms with van der Waals surface area (Å²) >= 11 is 0. The van der Waals surface area contributed by atoms with Crippen LogP contribution in [-0.2, 0) is 4.79 Å². The fourth-order valence-electron chi connectivity index (χ4n) is 1.71. The van der Waals surface area contributed by atoms with Crippen LogP contribution in [0.3, 0.4) is 0 Å². The minimum atomic E-state index is -0.362. The zero-order valence-corrected chi connectivity index (χ0v) is 10.4. The third-order valence-electron chi connectivity index (χ3n) is 2.54. The molecule has 1 aromatic carbocycles. The number of hydrogen-bond donors (Lipinski definition) is 2. The first-order chi connectivity index (χ1) is 8.56. The number of oxazole rings is 1. The topological polar surface area (TPSA) is 84.4 Å². The zero-order chi connectivity index (χ0) is 13.1. The smallest absolute Gasteiger partial charge is 0.236 e. The Bertz CT molecular complexity index is 550. The number of aromatic nitrogens is 1. The standard InChI is InChI=1S/C12H16N4O2/c1-16(2)15-12(17)6-9(13)8-3-4-10-11(5-8)18-7-14-10/h3-5,7,9H,6,13H2,1-2H3,(H,15,17). The summed E-state index contributed by atoms with van der Waals surface area (Å²) in [6.45, 7) is 0. The van der Waals surface area contributed by atoms with E-state index in [-0.39, 0.29) is 18.4 Å². The Balaban J connectivity index is 2.08. The van der Waals surface area contributed by atoms with E-state index in [0.717, 1.165) is 11.1 Å². The number of nitrogens with zero attached hydrogens (tertiary/aromatic N) is 2. The van der Waals surface area contributed by atoms with Crippen LogP contribution < -0.4 is 11.2 Å². The number of carbonyl (C=O) groups excluding carboxylic acids is 1. The molecule has 0 aliphatic carbocycles. The molecule has 1 aromatic heterocycles. The molecule has 0 spiro atoms. The molecule has 0 saturated carbocycles. The Morgan fingerprint density at radius 1 is 1.56 bits per heavy atom. The summed E-state index contributed by atoms with van der Waals surface area (Å²) in [7, 11) is 3.51.